The van der Waals surface area contributed by atoms with Gasteiger partial charge in [-0.3, -0.25) is 4.79 Å². The molecule has 0 bridgehead atoms. The highest BCUT2D eigenvalue weighted by Crippen LogP contribution is 2.28. The van der Waals surface area contributed by atoms with Gasteiger partial charge in [0.05, 0.1) is 17.7 Å². The first-order chi connectivity index (χ1) is 9.51. The first-order valence-corrected chi connectivity index (χ1v) is 7.57. The van der Waals surface area contributed by atoms with Gasteiger partial charge in [0.2, 0.25) is 0 Å². The topological polar surface area (TPSA) is 38.3 Å². The zero-order valence-electron chi connectivity index (χ0n) is 10.4. The van der Waals surface area contributed by atoms with Crippen molar-refractivity contribution in [3.05, 3.63) is 55.9 Å². The van der Waals surface area contributed by atoms with Crippen LogP contribution in [0, 0.1) is 0 Å². The number of amides is 1. The molecule has 0 atom stereocenters. The van der Waals surface area contributed by atoms with Crippen LogP contribution in [0.3, 0.4) is 0 Å². The number of hydrogen-bond acceptors (Lipinski definition) is 2. The monoisotopic (exact) mass is 417 g/mol. The molecule has 2 aromatic carbocycles. The van der Waals surface area contributed by atoms with E-state index in [2.05, 4.69) is 37.2 Å². The Balaban J connectivity index is 2.21. The molecule has 2 rings (SSSR count). The highest BCUT2D eigenvalue weighted by atomic mass is 79.9. The molecule has 20 heavy (non-hydrogen) atoms. The van der Waals surface area contributed by atoms with Crippen molar-refractivity contribution in [2.24, 2.45) is 0 Å². The van der Waals surface area contributed by atoms with Gasteiger partial charge >= 0.3 is 0 Å². The first-order valence-electron chi connectivity index (χ1n) is 5.61. The molecule has 0 spiro atoms. The van der Waals surface area contributed by atoms with Crippen LogP contribution in [0.15, 0.2) is 45.3 Å². The van der Waals surface area contributed by atoms with Gasteiger partial charge in [-0.25, -0.2) is 0 Å². The minimum Gasteiger partial charge on any atom is -0.495 e. The molecule has 1 amide bonds. The molecule has 0 aliphatic heterocycles. The number of carbonyl (C=O) groups excluding carboxylic acids is 1. The number of carbonyl (C=O) groups is 1. The second-order valence-electron chi connectivity index (χ2n) is 3.93. The van der Waals surface area contributed by atoms with Gasteiger partial charge in [0.1, 0.15) is 5.75 Å². The maximum Gasteiger partial charge on any atom is 0.256 e. The van der Waals surface area contributed by atoms with Crippen LogP contribution >= 0.6 is 43.5 Å². The minimum atomic E-state index is -0.217. The number of hydrogen-bond donors (Lipinski definition) is 1. The van der Waals surface area contributed by atoms with Crippen LogP contribution in [-0.2, 0) is 0 Å². The zero-order chi connectivity index (χ0) is 14.7. The molecule has 0 fully saturated rings. The van der Waals surface area contributed by atoms with Gasteiger partial charge in [0.25, 0.3) is 5.91 Å². The Kier molecular flexibility index (Phi) is 5.07. The third-order valence-electron chi connectivity index (χ3n) is 2.59. The third-order valence-corrected chi connectivity index (χ3v) is 4.03. The van der Waals surface area contributed by atoms with Crippen LogP contribution in [0.4, 0.5) is 5.69 Å². The molecule has 1 N–H and O–H groups in total. The van der Waals surface area contributed by atoms with E-state index in [1.165, 1.54) is 0 Å². The number of rotatable bonds is 3. The lowest BCUT2D eigenvalue weighted by atomic mass is 10.2. The summed E-state index contributed by atoms with van der Waals surface area (Å²) in [5.41, 5.74) is 1.15. The Bertz CT molecular complexity index is 662. The number of benzene rings is 2. The number of halogens is 3. The molecule has 0 radical (unpaired) electrons. The van der Waals surface area contributed by atoms with Crippen molar-refractivity contribution >= 4 is 55.1 Å². The largest absolute Gasteiger partial charge is 0.495 e. The van der Waals surface area contributed by atoms with Gasteiger partial charge in [-0.1, -0.05) is 27.5 Å². The van der Waals surface area contributed by atoms with E-state index < -0.39 is 0 Å². The van der Waals surface area contributed by atoms with E-state index in [0.717, 1.165) is 4.47 Å². The van der Waals surface area contributed by atoms with Gasteiger partial charge in [-0.2, -0.15) is 0 Å². The van der Waals surface area contributed by atoms with Crippen molar-refractivity contribution in [2.45, 2.75) is 0 Å². The lowest BCUT2D eigenvalue weighted by molar-refractivity contribution is 0.102. The van der Waals surface area contributed by atoms with Crippen LogP contribution < -0.4 is 10.1 Å². The van der Waals surface area contributed by atoms with Crippen LogP contribution in [0.25, 0.3) is 0 Å². The van der Waals surface area contributed by atoms with Crippen molar-refractivity contribution in [3.63, 3.8) is 0 Å². The summed E-state index contributed by atoms with van der Waals surface area (Å²) in [7, 11) is 1.54. The van der Waals surface area contributed by atoms with Crippen LogP contribution in [0.2, 0.25) is 5.02 Å². The Morgan fingerprint density at radius 2 is 1.95 bits per heavy atom. The lowest BCUT2D eigenvalue weighted by Gasteiger charge is -2.09. The molecule has 0 unspecified atom stereocenters. The average Bonchev–Trinajstić information content (AvgIpc) is 2.38. The first kappa shape index (κ1) is 15.4. The standard InChI is InChI=1S/C14H10Br2ClNO2/c1-20-13-5-3-9(7-12(13)17)18-14(19)10-4-2-8(15)6-11(10)16/h2-7H,1H3,(H,18,19). The minimum absolute atomic E-state index is 0.217. The molecule has 2 aromatic rings. The molecule has 0 saturated heterocycles. The smallest absolute Gasteiger partial charge is 0.256 e. The van der Waals surface area contributed by atoms with Crippen molar-refractivity contribution in [1.82, 2.24) is 0 Å². The predicted octanol–water partition coefficient (Wildman–Crippen LogP) is 5.13. The van der Waals surface area contributed by atoms with E-state index in [4.69, 9.17) is 16.3 Å². The average molecular weight is 420 g/mol. The van der Waals surface area contributed by atoms with E-state index in [0.29, 0.717) is 26.5 Å². The van der Waals surface area contributed by atoms with E-state index in [1.807, 2.05) is 6.07 Å². The molecular formula is C14H10Br2ClNO2. The summed E-state index contributed by atoms with van der Waals surface area (Å²) in [5, 5.41) is 3.23. The van der Waals surface area contributed by atoms with E-state index in [9.17, 15) is 4.79 Å². The van der Waals surface area contributed by atoms with Crippen molar-refractivity contribution < 1.29 is 9.53 Å². The fourth-order valence-corrected chi connectivity index (χ4v) is 3.10. The maximum atomic E-state index is 12.2. The summed E-state index contributed by atoms with van der Waals surface area (Å²) >= 11 is 12.7. The summed E-state index contributed by atoms with van der Waals surface area (Å²) in [6.45, 7) is 0. The molecular weight excluding hydrogens is 409 g/mol. The molecule has 6 heteroatoms. The summed E-state index contributed by atoms with van der Waals surface area (Å²) in [5.74, 6) is 0.347. The SMILES string of the molecule is COc1ccc(NC(=O)c2ccc(Br)cc2Br)cc1Cl. The number of anilines is 1. The third kappa shape index (κ3) is 3.53. The van der Waals surface area contributed by atoms with Crippen LogP contribution in [0.5, 0.6) is 5.75 Å². The van der Waals surface area contributed by atoms with Crippen molar-refractivity contribution in [2.75, 3.05) is 12.4 Å². The van der Waals surface area contributed by atoms with E-state index >= 15 is 0 Å². The Hall–Kier alpha value is -1.04. The van der Waals surface area contributed by atoms with E-state index in [1.54, 1.807) is 37.4 Å². The molecule has 3 nitrogen and oxygen atoms in total. The molecule has 0 aliphatic rings. The molecule has 0 aromatic heterocycles. The molecule has 0 aliphatic carbocycles. The van der Waals surface area contributed by atoms with Gasteiger partial charge in [-0.15, -0.1) is 0 Å². The second-order valence-corrected chi connectivity index (χ2v) is 6.10. The molecule has 0 saturated carbocycles. The fraction of sp³-hybridized carbons (Fsp3) is 0.0714. The highest BCUT2D eigenvalue weighted by molar-refractivity contribution is 9.11. The Morgan fingerprint density at radius 3 is 2.55 bits per heavy atom. The number of nitrogens with one attached hydrogen (secondary N) is 1. The number of methoxy groups -OCH3 is 1. The van der Waals surface area contributed by atoms with Gasteiger partial charge < -0.3 is 10.1 Å². The zero-order valence-corrected chi connectivity index (χ0v) is 14.3. The summed E-state index contributed by atoms with van der Waals surface area (Å²) in [6, 6.07) is 10.4. The van der Waals surface area contributed by atoms with Crippen molar-refractivity contribution in [3.8, 4) is 5.75 Å². The van der Waals surface area contributed by atoms with Gasteiger partial charge in [0, 0.05) is 14.6 Å². The van der Waals surface area contributed by atoms with Gasteiger partial charge in [0.15, 0.2) is 0 Å². The summed E-state index contributed by atoms with van der Waals surface area (Å²) in [6.07, 6.45) is 0. The predicted molar refractivity (Wildman–Crippen MR) is 87.8 cm³/mol. The van der Waals surface area contributed by atoms with Crippen LogP contribution in [-0.4, -0.2) is 13.0 Å². The lowest BCUT2D eigenvalue weighted by Crippen LogP contribution is -2.12. The fourth-order valence-electron chi connectivity index (χ4n) is 1.62. The number of ether oxygens (including phenoxy) is 1. The normalized spacial score (nSPS) is 10.2. The van der Waals surface area contributed by atoms with Gasteiger partial charge in [-0.05, 0) is 52.3 Å². The van der Waals surface area contributed by atoms with Crippen molar-refractivity contribution in [1.29, 1.82) is 0 Å². The van der Waals surface area contributed by atoms with E-state index in [-0.39, 0.29) is 5.91 Å². The maximum absolute atomic E-state index is 12.2. The second kappa shape index (κ2) is 6.61. The van der Waals surface area contributed by atoms with Crippen LogP contribution in [0.1, 0.15) is 10.4 Å². The Labute approximate surface area is 138 Å². The Morgan fingerprint density at radius 1 is 1.20 bits per heavy atom. The molecule has 0 heterocycles. The highest BCUT2D eigenvalue weighted by Gasteiger charge is 2.11. The summed E-state index contributed by atoms with van der Waals surface area (Å²) in [4.78, 5) is 12.2. The molecule has 104 valence electrons. The quantitative estimate of drug-likeness (QED) is 0.749. The summed E-state index contributed by atoms with van der Waals surface area (Å²) < 4.78 is 6.67.